The van der Waals surface area contributed by atoms with Crippen molar-refractivity contribution in [3.8, 4) is 23.8 Å². The van der Waals surface area contributed by atoms with E-state index in [1.54, 1.807) is 44.6 Å². The van der Waals surface area contributed by atoms with Gasteiger partial charge in [-0.05, 0) is 190 Å². The van der Waals surface area contributed by atoms with Crippen molar-refractivity contribution in [3.05, 3.63) is 113 Å². The maximum atomic E-state index is 14.0. The van der Waals surface area contributed by atoms with Crippen LogP contribution >= 0.6 is 0 Å². The van der Waals surface area contributed by atoms with Gasteiger partial charge in [0.1, 0.15) is 42.3 Å². The molecule has 1 aromatic heterocycles. The normalized spacial score (nSPS) is 35.3. The van der Waals surface area contributed by atoms with Crippen molar-refractivity contribution in [2.75, 3.05) is 33.5 Å². The highest BCUT2D eigenvalue weighted by Crippen LogP contribution is 2.75. The first-order valence-corrected chi connectivity index (χ1v) is 31.4. The molecule has 4 aliphatic carbocycles. The van der Waals surface area contributed by atoms with E-state index in [9.17, 15) is 50.9 Å². The number of nitrogens with one attached hydrogen (secondary N) is 1. The Morgan fingerprint density at radius 2 is 1.86 bits per heavy atom. The van der Waals surface area contributed by atoms with Gasteiger partial charge < -0.3 is 74.4 Å². The number of carboxylic acids is 1. The third-order valence-corrected chi connectivity index (χ3v) is 21.4. The summed E-state index contributed by atoms with van der Waals surface area (Å²) in [5, 5.41) is 108. The van der Waals surface area contributed by atoms with Crippen LogP contribution < -0.4 is 10.1 Å². The third-order valence-electron chi connectivity index (χ3n) is 21.4. The van der Waals surface area contributed by atoms with Crippen LogP contribution in [0.4, 0.5) is 0 Å². The second kappa shape index (κ2) is 26.6. The van der Waals surface area contributed by atoms with Crippen LogP contribution in [0.3, 0.4) is 0 Å². The van der Waals surface area contributed by atoms with Crippen LogP contribution in [-0.4, -0.2) is 145 Å². The van der Waals surface area contributed by atoms with E-state index in [0.29, 0.717) is 74.5 Å². The number of hydrogen-bond acceptors (Lipinski definition) is 15. The summed E-state index contributed by atoms with van der Waals surface area (Å²) in [5.74, 6) is 2.56. The van der Waals surface area contributed by atoms with Gasteiger partial charge in [0.05, 0.1) is 54.0 Å². The van der Waals surface area contributed by atoms with Crippen LogP contribution in [0.2, 0.25) is 0 Å². The number of carbonyl (C=O) groups is 1. The summed E-state index contributed by atoms with van der Waals surface area (Å²) in [6.07, 6.45) is 11.6. The molecule has 0 radical (unpaired) electrons. The number of allylic oxidation sites excluding steroid dienone is 3. The number of carboxylic acid groups (broad SMARTS) is 1. The predicted octanol–water partition coefficient (Wildman–Crippen LogP) is 7.62. The topological polar surface area (TPSA) is 266 Å². The largest absolute Gasteiger partial charge is 0.482 e. The van der Waals surface area contributed by atoms with Gasteiger partial charge in [0.15, 0.2) is 5.60 Å². The van der Waals surface area contributed by atoms with Gasteiger partial charge in [0.2, 0.25) is 6.29 Å². The zero-order valence-electron chi connectivity index (χ0n) is 49.8. The molecule has 5 heterocycles. The van der Waals surface area contributed by atoms with Gasteiger partial charge >= 0.3 is 5.97 Å². The number of aromatic carboxylic acids is 1. The van der Waals surface area contributed by atoms with E-state index >= 15 is 0 Å². The molecule has 4 aliphatic heterocycles. The Hall–Kier alpha value is -5.28. The van der Waals surface area contributed by atoms with Crippen LogP contribution in [0.1, 0.15) is 161 Å². The van der Waals surface area contributed by atoms with E-state index in [1.807, 2.05) is 41.0 Å². The standard InChI is InChI=1S/C68H91N3O14/c1-5-10-44-18-21-51(32-47(44)31-48(40-81-4)56(39-73)71-28-25-43(36-69)38-71)83-64-68-35-55(57(75)12-9-30-82-58(13-8-29-72)61(84-64)60(76)62(68)77)65(33-52(85-68)22-20-50(6-2)70-37-42(3)74)27-24-59-66(80,41-65)34-54-53(23-19-49-11-7-26-67(49,54)59)45-14-16-46(17-15-45)63(78)79/h5,14-18,21,25,28,32-33,38,42,48-50,53-62,64,70,72-77,80H,1,6-8,10-13,19-20,22-24,26-27,29,31,34-35,37,39-41H2,2-4H3,(H,78,79)/t42-,48+,49-,50+,53-,54-,55-,56+,57+,58-,59+,60+,61+,62-,64-,65-,66+,67+,68+/m0/s1. The zero-order chi connectivity index (χ0) is 60.3. The molecular weight excluding hydrogens is 1080 g/mol. The molecule has 0 amide bonds. The number of rotatable bonds is 23. The SMILES string of the molecule is C=CCc1ccc(O[C@H]2O[C@H]3[C@@H](O)[C@H](O)[C@]24C[C@@H]([C@H](O)CC#CO[C@H]3CCCO)[C@]2(C=C(CC[C@@H](CC)NC[C@H](C)O)O4)CC[C@@H]3[C@@](O)(C[C@H]4[C@H](c5ccc(C(=O)O)cc5)CC[C@@H]5CCC[C@]534)C2)cc1C[C@H](COC)[C@@H](CO)n1ccc(C#N)c1. The average molecular weight is 1170 g/mol. The molecule has 3 aromatic rings. The van der Waals surface area contributed by atoms with Crippen LogP contribution in [0.5, 0.6) is 5.75 Å². The second-order valence-electron chi connectivity index (χ2n) is 26.2. The van der Waals surface area contributed by atoms with Crippen molar-refractivity contribution in [1.82, 2.24) is 9.88 Å². The summed E-state index contributed by atoms with van der Waals surface area (Å²) < 4.78 is 35.7. The maximum Gasteiger partial charge on any atom is 0.335 e. The Labute approximate surface area is 501 Å². The molecule has 8 aliphatic rings. The molecule has 5 fully saturated rings. The minimum absolute atomic E-state index is 0.0212. The maximum absolute atomic E-state index is 14.0. The molecule has 3 spiro atoms. The molecule has 0 unspecified atom stereocenters. The zero-order valence-corrected chi connectivity index (χ0v) is 49.8. The van der Waals surface area contributed by atoms with Gasteiger partial charge in [-0.1, -0.05) is 43.5 Å². The van der Waals surface area contributed by atoms with Gasteiger partial charge in [0.25, 0.3) is 0 Å². The summed E-state index contributed by atoms with van der Waals surface area (Å²) in [6.45, 7) is 8.09. The first-order chi connectivity index (χ1) is 41.0. The Morgan fingerprint density at radius 1 is 1.05 bits per heavy atom. The fraction of sp³-hybridized carbons (Fsp3) is 0.647. The smallest absolute Gasteiger partial charge is 0.335 e. The summed E-state index contributed by atoms with van der Waals surface area (Å²) in [4.78, 5) is 12.0. The van der Waals surface area contributed by atoms with Gasteiger partial charge in [0, 0.05) is 63.9 Å². The number of methoxy groups -OCH3 is 1. The Morgan fingerprint density at radius 3 is 2.56 bits per heavy atom. The van der Waals surface area contributed by atoms with E-state index in [1.165, 1.54) is 0 Å². The minimum atomic E-state index is -1.92. The molecule has 9 N–H and O–H groups in total. The molecule has 85 heavy (non-hydrogen) atoms. The minimum Gasteiger partial charge on any atom is -0.482 e. The number of nitriles is 1. The molecular formula is C68H91N3O14. The average Bonchev–Trinajstić information content (AvgIpc) is 1.55. The Kier molecular flexibility index (Phi) is 19.6. The van der Waals surface area contributed by atoms with Gasteiger partial charge in [-0.3, -0.25) is 0 Å². The fourth-order valence-electron chi connectivity index (χ4n) is 17.6. The number of benzene rings is 2. The molecule has 1 saturated heterocycles. The molecule has 11 rings (SSSR count). The first kappa shape index (κ1) is 62.8. The van der Waals surface area contributed by atoms with Gasteiger partial charge in [-0.2, -0.15) is 5.26 Å². The molecule has 19 atom stereocenters. The van der Waals surface area contributed by atoms with Crippen molar-refractivity contribution in [2.45, 2.75) is 202 Å². The summed E-state index contributed by atoms with van der Waals surface area (Å²) in [7, 11) is 1.61. The lowest BCUT2D eigenvalue weighted by Crippen LogP contribution is -2.71. The Bertz CT molecular complexity index is 2930. The first-order valence-electron chi connectivity index (χ1n) is 31.4. The number of aliphatic hydroxyl groups excluding tert-OH is 6. The number of aromatic nitrogens is 1. The lowest BCUT2D eigenvalue weighted by atomic mass is 9.50. The number of hydrogen-bond donors (Lipinski definition) is 9. The van der Waals surface area contributed by atoms with Gasteiger partial charge in [-0.15, -0.1) is 6.58 Å². The molecule has 462 valence electrons. The van der Waals surface area contributed by atoms with E-state index in [2.05, 4.69) is 43.0 Å². The molecule has 4 saturated carbocycles. The van der Waals surface area contributed by atoms with E-state index < -0.39 is 77.5 Å². The van der Waals surface area contributed by atoms with Crippen LogP contribution in [0.25, 0.3) is 0 Å². The Balaban J connectivity index is 1.09. The van der Waals surface area contributed by atoms with Crippen LogP contribution in [0.15, 0.2) is 85.4 Å². The summed E-state index contributed by atoms with van der Waals surface area (Å²) in [5.41, 5.74) is -0.608. The molecule has 17 heteroatoms. The highest BCUT2D eigenvalue weighted by Gasteiger charge is 2.72. The summed E-state index contributed by atoms with van der Waals surface area (Å²) >= 11 is 0. The van der Waals surface area contributed by atoms with E-state index in [-0.39, 0.29) is 92.6 Å². The highest BCUT2D eigenvalue weighted by molar-refractivity contribution is 5.87. The van der Waals surface area contributed by atoms with Crippen LogP contribution in [-0.2, 0) is 31.8 Å². The van der Waals surface area contributed by atoms with Crippen molar-refractivity contribution in [1.29, 1.82) is 5.26 Å². The van der Waals surface area contributed by atoms with E-state index in [4.69, 9.17) is 23.7 Å². The predicted molar refractivity (Wildman–Crippen MR) is 317 cm³/mol. The van der Waals surface area contributed by atoms with E-state index in [0.717, 1.165) is 55.2 Å². The number of nitrogens with zero attached hydrogens (tertiary/aromatic N) is 2. The molecule has 17 nitrogen and oxygen atoms in total. The van der Waals surface area contributed by atoms with Crippen LogP contribution in [0, 0.1) is 63.8 Å². The van der Waals surface area contributed by atoms with Crippen molar-refractivity contribution in [3.63, 3.8) is 0 Å². The number of fused-ring (bicyclic) bond motifs is 7. The molecule has 3 bridgehead atoms. The number of ether oxygens (including phenoxy) is 5. The second-order valence-corrected chi connectivity index (χ2v) is 26.2. The fourth-order valence-corrected chi connectivity index (χ4v) is 17.6. The van der Waals surface area contributed by atoms with Crippen molar-refractivity contribution >= 4 is 5.97 Å². The third kappa shape index (κ3) is 12.3. The molecule has 2 aromatic carbocycles. The lowest BCUT2D eigenvalue weighted by molar-refractivity contribution is -0.337. The quantitative estimate of drug-likeness (QED) is 0.0326. The number of aliphatic hydroxyl groups is 7. The van der Waals surface area contributed by atoms with Crippen molar-refractivity contribution < 1.29 is 69.3 Å². The highest BCUT2D eigenvalue weighted by atomic mass is 16.7. The van der Waals surface area contributed by atoms with Crippen molar-refractivity contribution in [2.24, 2.45) is 40.4 Å². The lowest BCUT2D eigenvalue weighted by Gasteiger charge is -2.56. The van der Waals surface area contributed by atoms with Gasteiger partial charge in [-0.25, -0.2) is 4.79 Å². The monoisotopic (exact) mass is 1170 g/mol. The summed E-state index contributed by atoms with van der Waals surface area (Å²) in [6, 6.07) is 16.4.